The van der Waals surface area contributed by atoms with Gasteiger partial charge >= 0.3 is 0 Å². The Morgan fingerprint density at radius 2 is 1.05 bits per heavy atom. The molecule has 2 aromatic heterocycles. The monoisotopic (exact) mass is 273 g/mol. The van der Waals surface area contributed by atoms with E-state index in [9.17, 15) is 0 Å². The molecule has 0 aromatic carbocycles. The third-order valence-electron chi connectivity index (χ3n) is 2.80. The Morgan fingerprint density at radius 1 is 0.700 bits per heavy atom. The summed E-state index contributed by atoms with van der Waals surface area (Å²) in [5.74, 6) is 0. The summed E-state index contributed by atoms with van der Waals surface area (Å²) >= 11 is 0. The maximum Gasteiger partial charge on any atom is 0.143 e. The second-order valence-electron chi connectivity index (χ2n) is 4.84. The Balaban J connectivity index is 2.49. The van der Waals surface area contributed by atoms with Gasteiger partial charge in [0.15, 0.2) is 0 Å². The van der Waals surface area contributed by atoms with Gasteiger partial charge < -0.3 is 4.90 Å². The van der Waals surface area contributed by atoms with Crippen LogP contribution in [0.25, 0.3) is 0 Å². The van der Waals surface area contributed by atoms with E-state index in [-0.39, 0.29) is 6.29 Å². The van der Waals surface area contributed by atoms with Gasteiger partial charge in [0, 0.05) is 0 Å². The molecule has 0 aliphatic heterocycles. The molecule has 0 saturated carbocycles. The van der Waals surface area contributed by atoms with Crippen molar-refractivity contribution in [3.8, 4) is 0 Å². The van der Waals surface area contributed by atoms with Crippen LogP contribution in [0.15, 0.2) is 37.4 Å². The van der Waals surface area contributed by atoms with Gasteiger partial charge in [-0.1, -0.05) is 0 Å². The van der Waals surface area contributed by atoms with Gasteiger partial charge in [0.1, 0.15) is 18.9 Å². The summed E-state index contributed by atoms with van der Waals surface area (Å²) in [4.78, 5) is 22.7. The predicted octanol–water partition coefficient (Wildman–Crippen LogP) is 0.811. The maximum atomic E-state index is 4.10. The Hall–Kier alpha value is -2.12. The van der Waals surface area contributed by atoms with E-state index in [0.717, 1.165) is 11.4 Å². The molecule has 7 heteroatoms. The molecule has 106 valence electrons. The topological polar surface area (TPSA) is 61.3 Å². The third kappa shape index (κ3) is 3.06. The number of hydrogen-bond acceptors (Lipinski definition) is 7. The van der Waals surface area contributed by atoms with Crippen molar-refractivity contribution < 1.29 is 0 Å². The van der Waals surface area contributed by atoms with Gasteiger partial charge in [-0.2, -0.15) is 0 Å². The highest BCUT2D eigenvalue weighted by atomic mass is 15.5. The first kappa shape index (κ1) is 14.3. The van der Waals surface area contributed by atoms with Gasteiger partial charge in [-0.25, -0.2) is 19.9 Å². The van der Waals surface area contributed by atoms with E-state index in [0.29, 0.717) is 0 Å². The average molecular weight is 273 g/mol. The second-order valence-corrected chi connectivity index (χ2v) is 4.84. The van der Waals surface area contributed by atoms with Crippen LogP contribution in [0, 0.1) is 0 Å². The average Bonchev–Trinajstić information content (AvgIpc) is 2.45. The lowest BCUT2D eigenvalue weighted by molar-refractivity contribution is 0.135. The quantitative estimate of drug-likeness (QED) is 0.747. The molecule has 0 atom stereocenters. The molecule has 2 heterocycles. The van der Waals surface area contributed by atoms with E-state index in [1.54, 1.807) is 24.8 Å². The van der Waals surface area contributed by atoms with E-state index >= 15 is 0 Å². The standard InChI is InChI=1S/C13H19N7/c1-18(2)13(19(3)4)20(11-5-14-9-15-6-11)12-7-16-10-17-8-12/h5-10,13H,1-4H3. The fraction of sp³-hybridized carbons (Fsp3) is 0.385. The van der Waals surface area contributed by atoms with Gasteiger partial charge in [-0.15, -0.1) is 0 Å². The zero-order valence-corrected chi connectivity index (χ0v) is 12.2. The molecule has 2 aromatic rings. The second kappa shape index (κ2) is 6.36. The molecule has 0 spiro atoms. The molecular weight excluding hydrogens is 254 g/mol. The minimum absolute atomic E-state index is 0.00741. The van der Waals surface area contributed by atoms with Gasteiger partial charge in [-0.3, -0.25) is 9.80 Å². The van der Waals surface area contributed by atoms with Crippen LogP contribution in [0.2, 0.25) is 0 Å². The first-order valence-corrected chi connectivity index (χ1v) is 6.23. The summed E-state index contributed by atoms with van der Waals surface area (Å²) in [5.41, 5.74) is 1.77. The van der Waals surface area contributed by atoms with Crippen molar-refractivity contribution in [1.29, 1.82) is 0 Å². The first-order chi connectivity index (χ1) is 9.61. The smallest absolute Gasteiger partial charge is 0.143 e. The summed E-state index contributed by atoms with van der Waals surface area (Å²) in [5, 5.41) is 0. The Morgan fingerprint density at radius 3 is 1.35 bits per heavy atom. The van der Waals surface area contributed by atoms with Gasteiger partial charge in [0.25, 0.3) is 0 Å². The van der Waals surface area contributed by atoms with Crippen molar-refractivity contribution in [3.63, 3.8) is 0 Å². The van der Waals surface area contributed by atoms with Crippen LogP contribution in [-0.2, 0) is 0 Å². The number of anilines is 2. The van der Waals surface area contributed by atoms with E-state index < -0.39 is 0 Å². The van der Waals surface area contributed by atoms with Crippen molar-refractivity contribution in [2.24, 2.45) is 0 Å². The van der Waals surface area contributed by atoms with Crippen LogP contribution in [-0.4, -0.2) is 64.2 Å². The molecule has 0 N–H and O–H groups in total. The lowest BCUT2D eigenvalue weighted by atomic mass is 10.3. The van der Waals surface area contributed by atoms with E-state index in [2.05, 4.69) is 34.6 Å². The Labute approximate surface area is 118 Å². The molecule has 0 bridgehead atoms. The number of hydrogen-bond donors (Lipinski definition) is 0. The molecular formula is C13H19N7. The molecule has 0 saturated heterocycles. The molecule has 7 nitrogen and oxygen atoms in total. The third-order valence-corrected chi connectivity index (χ3v) is 2.80. The van der Waals surface area contributed by atoms with Crippen LogP contribution in [0.1, 0.15) is 0 Å². The Kier molecular flexibility index (Phi) is 4.54. The van der Waals surface area contributed by atoms with E-state index in [1.165, 1.54) is 12.7 Å². The first-order valence-electron chi connectivity index (χ1n) is 6.23. The molecule has 0 amide bonds. The largest absolute Gasteiger partial charge is 0.306 e. The van der Waals surface area contributed by atoms with Gasteiger partial charge in [0.2, 0.25) is 0 Å². The summed E-state index contributed by atoms with van der Waals surface area (Å²) in [6.07, 6.45) is 10.1. The van der Waals surface area contributed by atoms with Crippen LogP contribution >= 0.6 is 0 Å². The minimum Gasteiger partial charge on any atom is -0.306 e. The normalized spacial score (nSPS) is 11.3. The van der Waals surface area contributed by atoms with Crippen LogP contribution < -0.4 is 4.90 Å². The minimum atomic E-state index is -0.00741. The Bertz CT molecular complexity index is 467. The van der Waals surface area contributed by atoms with E-state index in [1.807, 2.05) is 28.2 Å². The predicted molar refractivity (Wildman–Crippen MR) is 77.4 cm³/mol. The van der Waals surface area contributed by atoms with Gasteiger partial charge in [-0.05, 0) is 28.2 Å². The zero-order chi connectivity index (χ0) is 14.5. The molecule has 2 rings (SSSR count). The van der Waals surface area contributed by atoms with Crippen molar-refractivity contribution in [2.45, 2.75) is 6.29 Å². The number of aromatic nitrogens is 4. The molecule has 20 heavy (non-hydrogen) atoms. The number of nitrogens with zero attached hydrogens (tertiary/aromatic N) is 7. The molecule has 0 aliphatic carbocycles. The SMILES string of the molecule is CN(C)C(N(C)C)N(c1cncnc1)c1cncnc1. The van der Waals surface area contributed by atoms with Crippen LogP contribution in [0.4, 0.5) is 11.4 Å². The molecule has 0 radical (unpaired) electrons. The summed E-state index contributed by atoms with van der Waals surface area (Å²) < 4.78 is 0. The highest BCUT2D eigenvalue weighted by Crippen LogP contribution is 2.26. The van der Waals surface area contributed by atoms with Crippen LogP contribution in [0.5, 0.6) is 0 Å². The summed E-state index contributed by atoms with van der Waals surface area (Å²) in [7, 11) is 8.08. The van der Waals surface area contributed by atoms with Crippen molar-refractivity contribution in [1.82, 2.24) is 29.7 Å². The molecule has 0 fully saturated rings. The summed E-state index contributed by atoms with van der Waals surface area (Å²) in [6.45, 7) is 0. The summed E-state index contributed by atoms with van der Waals surface area (Å²) in [6, 6.07) is 0. The van der Waals surface area contributed by atoms with Crippen molar-refractivity contribution in [3.05, 3.63) is 37.4 Å². The van der Waals surface area contributed by atoms with Crippen LogP contribution in [0.3, 0.4) is 0 Å². The molecule has 0 aliphatic rings. The van der Waals surface area contributed by atoms with Crippen molar-refractivity contribution in [2.75, 3.05) is 33.1 Å². The lowest BCUT2D eigenvalue weighted by Gasteiger charge is -2.40. The number of rotatable bonds is 5. The fourth-order valence-corrected chi connectivity index (χ4v) is 2.17. The highest BCUT2D eigenvalue weighted by molar-refractivity contribution is 5.60. The van der Waals surface area contributed by atoms with Crippen molar-refractivity contribution >= 4 is 11.4 Å². The molecule has 0 unspecified atom stereocenters. The lowest BCUT2D eigenvalue weighted by Crippen LogP contribution is -2.51. The maximum absolute atomic E-state index is 4.10. The van der Waals surface area contributed by atoms with E-state index in [4.69, 9.17) is 0 Å². The highest BCUT2D eigenvalue weighted by Gasteiger charge is 2.25. The zero-order valence-electron chi connectivity index (χ0n) is 12.2. The fourth-order valence-electron chi connectivity index (χ4n) is 2.17. The van der Waals surface area contributed by atoms with Gasteiger partial charge in [0.05, 0.1) is 36.2 Å².